The molecule has 0 amide bonds. The molecule has 6 nitrogen and oxygen atoms in total. The minimum absolute atomic E-state index is 0.296. The third-order valence-corrected chi connectivity index (χ3v) is 3.03. The molecule has 0 aliphatic heterocycles. The Morgan fingerprint density at radius 1 is 1.36 bits per heavy atom. The van der Waals surface area contributed by atoms with E-state index in [1.807, 2.05) is 0 Å². The second-order valence-corrected chi connectivity index (χ2v) is 5.03. The van der Waals surface area contributed by atoms with Crippen LogP contribution in [0.2, 0.25) is 0 Å². The summed E-state index contributed by atoms with van der Waals surface area (Å²) in [7, 11) is 0. The van der Waals surface area contributed by atoms with Crippen LogP contribution in [0.4, 0.5) is 13.2 Å². The number of alkyl halides is 3. The van der Waals surface area contributed by atoms with Crippen molar-refractivity contribution in [3.63, 3.8) is 0 Å². The Bertz CT molecular complexity index is 827. The molecule has 9 heteroatoms. The highest BCUT2D eigenvalue weighted by Gasteiger charge is 2.30. The Balaban J connectivity index is 2.03. The Hall–Kier alpha value is -3.10. The van der Waals surface area contributed by atoms with Crippen molar-refractivity contribution < 1.29 is 17.9 Å². The van der Waals surface area contributed by atoms with Gasteiger partial charge in [0.2, 0.25) is 0 Å². The number of nitrogens with zero attached hydrogens (tertiary/aromatic N) is 1. The maximum atomic E-state index is 12.1. The summed E-state index contributed by atoms with van der Waals surface area (Å²) < 4.78 is 40.1. The number of hydrogen-bond donors (Lipinski definition) is 3. The first kappa shape index (κ1) is 18.2. The van der Waals surface area contributed by atoms with Gasteiger partial charge in [-0.1, -0.05) is 12.1 Å². The van der Waals surface area contributed by atoms with Crippen molar-refractivity contribution >= 4 is 11.8 Å². The SMILES string of the molecule is Cc1nc(/C(C=N)=C/NCc2ccc(OC(F)(F)F)cc2)cc(=O)[nH]1. The number of rotatable bonds is 6. The molecule has 0 unspecified atom stereocenters. The van der Waals surface area contributed by atoms with Crippen molar-refractivity contribution in [2.45, 2.75) is 19.8 Å². The van der Waals surface area contributed by atoms with E-state index in [4.69, 9.17) is 5.41 Å². The van der Waals surface area contributed by atoms with Gasteiger partial charge >= 0.3 is 6.36 Å². The van der Waals surface area contributed by atoms with Crippen molar-refractivity contribution in [1.29, 1.82) is 5.41 Å². The van der Waals surface area contributed by atoms with Gasteiger partial charge in [-0.05, 0) is 24.6 Å². The van der Waals surface area contributed by atoms with Crippen LogP contribution in [0.1, 0.15) is 17.1 Å². The molecule has 3 N–H and O–H groups in total. The van der Waals surface area contributed by atoms with E-state index < -0.39 is 6.36 Å². The molecule has 132 valence electrons. The van der Waals surface area contributed by atoms with Gasteiger partial charge in [0.1, 0.15) is 11.6 Å². The van der Waals surface area contributed by atoms with Gasteiger partial charge in [-0.3, -0.25) is 4.79 Å². The Kier molecular flexibility index (Phi) is 5.58. The summed E-state index contributed by atoms with van der Waals surface area (Å²) in [6.45, 7) is 1.94. The number of ether oxygens (including phenoxy) is 1. The van der Waals surface area contributed by atoms with E-state index in [0.29, 0.717) is 29.2 Å². The summed E-state index contributed by atoms with van der Waals surface area (Å²) in [5.74, 6) is 0.130. The lowest BCUT2D eigenvalue weighted by molar-refractivity contribution is -0.274. The lowest BCUT2D eigenvalue weighted by Crippen LogP contribution is -2.17. The van der Waals surface area contributed by atoms with E-state index in [0.717, 1.165) is 6.21 Å². The standard InChI is InChI=1S/C16H15F3N4O2/c1-10-22-14(6-15(24)23-10)12(7-20)9-21-8-11-2-4-13(5-3-11)25-16(17,18)19/h2-7,9,20-21H,8H2,1H3,(H,22,23,24)/b12-9+,20-7?. The maximum absolute atomic E-state index is 12.1. The van der Waals surface area contributed by atoms with Crippen LogP contribution in [0.5, 0.6) is 5.75 Å². The van der Waals surface area contributed by atoms with Crippen LogP contribution in [0.3, 0.4) is 0 Å². The zero-order valence-corrected chi connectivity index (χ0v) is 13.1. The summed E-state index contributed by atoms with van der Waals surface area (Å²) in [6.07, 6.45) is -2.16. The van der Waals surface area contributed by atoms with E-state index >= 15 is 0 Å². The summed E-state index contributed by atoms with van der Waals surface area (Å²) >= 11 is 0. The van der Waals surface area contributed by atoms with Gasteiger partial charge in [0.15, 0.2) is 0 Å². The van der Waals surface area contributed by atoms with Crippen LogP contribution in [0, 0.1) is 12.3 Å². The van der Waals surface area contributed by atoms with Crippen LogP contribution in [0.25, 0.3) is 5.57 Å². The fourth-order valence-corrected chi connectivity index (χ4v) is 2.00. The molecular formula is C16H15F3N4O2. The van der Waals surface area contributed by atoms with Crippen LogP contribution < -0.4 is 15.6 Å². The number of allylic oxidation sites excluding steroid dienone is 1. The third-order valence-electron chi connectivity index (χ3n) is 3.03. The molecule has 1 aromatic heterocycles. The van der Waals surface area contributed by atoms with Crippen LogP contribution in [-0.2, 0) is 6.54 Å². The van der Waals surface area contributed by atoms with Crippen molar-refractivity contribution in [2.75, 3.05) is 0 Å². The van der Waals surface area contributed by atoms with Crippen molar-refractivity contribution in [3.05, 3.63) is 64.0 Å². The average molecular weight is 352 g/mol. The van der Waals surface area contributed by atoms with Gasteiger partial charge in [0.05, 0.1) is 5.69 Å². The minimum Gasteiger partial charge on any atom is -0.406 e. The molecule has 0 bridgehead atoms. The number of H-pyrrole nitrogens is 1. The quantitative estimate of drug-likeness (QED) is 0.697. The first-order valence-corrected chi connectivity index (χ1v) is 7.14. The van der Waals surface area contributed by atoms with E-state index in [2.05, 4.69) is 20.0 Å². The Labute approximate surface area is 140 Å². The molecule has 0 fully saturated rings. The van der Waals surface area contributed by atoms with Crippen LogP contribution >= 0.6 is 0 Å². The maximum Gasteiger partial charge on any atom is 0.573 e. The Morgan fingerprint density at radius 3 is 2.60 bits per heavy atom. The molecule has 0 spiro atoms. The molecule has 0 radical (unpaired) electrons. The van der Waals surface area contributed by atoms with Crippen molar-refractivity contribution in [1.82, 2.24) is 15.3 Å². The number of aromatic nitrogens is 2. The van der Waals surface area contributed by atoms with Crippen LogP contribution in [0.15, 0.2) is 41.3 Å². The normalized spacial score (nSPS) is 11.9. The summed E-state index contributed by atoms with van der Waals surface area (Å²) in [6, 6.07) is 6.68. The van der Waals surface area contributed by atoms with E-state index in [1.165, 1.54) is 36.5 Å². The molecule has 2 rings (SSSR count). The number of hydrogen-bond acceptors (Lipinski definition) is 5. The van der Waals surface area contributed by atoms with Gasteiger partial charge in [0, 0.05) is 30.6 Å². The Morgan fingerprint density at radius 2 is 2.04 bits per heavy atom. The first-order valence-electron chi connectivity index (χ1n) is 7.14. The van der Waals surface area contributed by atoms with Gasteiger partial charge in [-0.2, -0.15) is 0 Å². The highest BCUT2D eigenvalue weighted by molar-refractivity contribution is 6.07. The van der Waals surface area contributed by atoms with Crippen molar-refractivity contribution in [2.24, 2.45) is 0 Å². The topological polar surface area (TPSA) is 90.9 Å². The summed E-state index contributed by atoms with van der Waals surface area (Å²) in [5, 5.41) is 10.4. The molecule has 1 aromatic carbocycles. The third kappa shape index (κ3) is 5.79. The number of aromatic amines is 1. The monoisotopic (exact) mass is 352 g/mol. The summed E-state index contributed by atoms with van der Waals surface area (Å²) in [5.41, 5.74) is 1.13. The van der Waals surface area contributed by atoms with E-state index in [-0.39, 0.29) is 11.3 Å². The molecule has 2 aromatic rings. The number of nitrogens with one attached hydrogen (secondary N) is 3. The number of halogens is 3. The number of benzene rings is 1. The second kappa shape index (κ2) is 7.65. The highest BCUT2D eigenvalue weighted by Crippen LogP contribution is 2.22. The van der Waals surface area contributed by atoms with E-state index in [9.17, 15) is 18.0 Å². The lowest BCUT2D eigenvalue weighted by Gasteiger charge is -2.09. The molecule has 25 heavy (non-hydrogen) atoms. The zero-order chi connectivity index (χ0) is 18.4. The fraction of sp³-hybridized carbons (Fsp3) is 0.188. The molecule has 0 saturated heterocycles. The van der Waals surface area contributed by atoms with E-state index in [1.54, 1.807) is 6.92 Å². The van der Waals surface area contributed by atoms with Gasteiger partial charge in [0.25, 0.3) is 5.56 Å². The van der Waals surface area contributed by atoms with Gasteiger partial charge in [-0.15, -0.1) is 13.2 Å². The molecule has 0 atom stereocenters. The smallest absolute Gasteiger partial charge is 0.406 e. The molecule has 0 aliphatic carbocycles. The zero-order valence-electron chi connectivity index (χ0n) is 13.1. The molecule has 0 saturated carbocycles. The molecule has 1 heterocycles. The average Bonchev–Trinajstić information content (AvgIpc) is 2.50. The number of aryl methyl sites for hydroxylation is 1. The lowest BCUT2D eigenvalue weighted by atomic mass is 10.2. The highest BCUT2D eigenvalue weighted by atomic mass is 19.4. The van der Waals surface area contributed by atoms with Crippen molar-refractivity contribution in [3.8, 4) is 5.75 Å². The van der Waals surface area contributed by atoms with Gasteiger partial charge in [-0.25, -0.2) is 4.98 Å². The predicted molar refractivity (Wildman–Crippen MR) is 86.3 cm³/mol. The minimum atomic E-state index is -4.72. The second-order valence-electron chi connectivity index (χ2n) is 5.03. The molecular weight excluding hydrogens is 337 g/mol. The first-order chi connectivity index (χ1) is 11.8. The summed E-state index contributed by atoms with van der Waals surface area (Å²) in [4.78, 5) is 18.1. The predicted octanol–water partition coefficient (Wildman–Crippen LogP) is 2.76. The molecule has 0 aliphatic rings. The largest absolute Gasteiger partial charge is 0.573 e. The van der Waals surface area contributed by atoms with Crippen LogP contribution in [-0.4, -0.2) is 22.5 Å². The van der Waals surface area contributed by atoms with Gasteiger partial charge < -0.3 is 20.4 Å². The fourth-order valence-electron chi connectivity index (χ4n) is 2.00.